The Morgan fingerprint density at radius 2 is 1.72 bits per heavy atom. The number of aromatic amines is 1. The van der Waals surface area contributed by atoms with Crippen LogP contribution in [0.5, 0.6) is 0 Å². The summed E-state index contributed by atoms with van der Waals surface area (Å²) in [7, 11) is 0. The number of H-pyrrole nitrogens is 1. The highest BCUT2D eigenvalue weighted by atomic mass is 16.5. The molecule has 0 bridgehead atoms. The number of hydrogen-bond donors (Lipinski definition) is 4. The van der Waals surface area contributed by atoms with Crippen LogP contribution in [-0.2, 0) is 16.1 Å². The molecule has 1 atom stereocenters. The third-order valence-electron chi connectivity index (χ3n) is 5.73. The van der Waals surface area contributed by atoms with Gasteiger partial charge in [0.2, 0.25) is 0 Å². The molecule has 0 spiro atoms. The molecule has 0 aliphatic carbocycles. The number of morpholine rings is 1. The first-order chi connectivity index (χ1) is 17.4. The van der Waals surface area contributed by atoms with E-state index in [1.165, 1.54) is 11.1 Å². The molecule has 2 aromatic carbocycles. The molecule has 2 amide bonds. The van der Waals surface area contributed by atoms with E-state index >= 15 is 0 Å². The highest BCUT2D eigenvalue weighted by molar-refractivity contribution is 5.97. The van der Waals surface area contributed by atoms with Crippen molar-refractivity contribution in [2.24, 2.45) is 0 Å². The van der Waals surface area contributed by atoms with Crippen molar-refractivity contribution in [1.82, 2.24) is 25.5 Å². The van der Waals surface area contributed by atoms with Crippen LogP contribution in [0.3, 0.4) is 0 Å². The predicted molar refractivity (Wildman–Crippen MR) is 129 cm³/mol. The fourth-order valence-corrected chi connectivity index (χ4v) is 3.71. The summed E-state index contributed by atoms with van der Waals surface area (Å²) in [5.74, 6) is -2.29. The number of benzene rings is 2. The molecule has 36 heavy (non-hydrogen) atoms. The number of nitrogens with zero attached hydrogens (tertiary/aromatic N) is 3. The maximum atomic E-state index is 13.3. The number of rotatable bonds is 9. The quantitative estimate of drug-likeness (QED) is 0.325. The highest BCUT2D eigenvalue weighted by Crippen LogP contribution is 2.20. The van der Waals surface area contributed by atoms with Crippen molar-refractivity contribution < 1.29 is 29.3 Å². The predicted octanol–water partition coefficient (Wildman–Crippen LogP) is 1.14. The first kappa shape index (κ1) is 25.0. The van der Waals surface area contributed by atoms with Crippen LogP contribution >= 0.6 is 0 Å². The van der Waals surface area contributed by atoms with Gasteiger partial charge in [-0.1, -0.05) is 54.6 Å². The van der Waals surface area contributed by atoms with Gasteiger partial charge in [-0.3, -0.25) is 19.7 Å². The number of hydrazine groups is 1. The Kier molecular flexibility index (Phi) is 8.06. The first-order valence-corrected chi connectivity index (χ1v) is 11.5. The minimum absolute atomic E-state index is 0.0461. The lowest BCUT2D eigenvalue weighted by molar-refractivity contribution is -0.146. The average molecular weight is 494 g/mol. The summed E-state index contributed by atoms with van der Waals surface area (Å²) < 4.78 is 5.26. The summed E-state index contributed by atoms with van der Waals surface area (Å²) in [6, 6.07) is 18.8. The average Bonchev–Trinajstić information content (AvgIpc) is 3.41. The largest absolute Gasteiger partial charge is 0.479 e. The number of carbonyl (C=O) groups is 3. The normalized spacial score (nSPS) is 14.3. The number of hydrogen-bond acceptors (Lipinski definition) is 7. The number of ether oxygens (including phenoxy) is 1. The summed E-state index contributed by atoms with van der Waals surface area (Å²) in [6.07, 6.45) is -1.71. The van der Waals surface area contributed by atoms with Crippen LogP contribution in [0.4, 0.5) is 0 Å². The molecule has 4 rings (SSSR count). The topological polar surface area (TPSA) is 148 Å². The zero-order valence-corrected chi connectivity index (χ0v) is 19.5. The minimum Gasteiger partial charge on any atom is -0.479 e. The van der Waals surface area contributed by atoms with E-state index in [1.54, 1.807) is 4.90 Å². The minimum atomic E-state index is -1.71. The molecular weight excluding hydrogens is 466 g/mol. The number of aromatic nitrogens is 2. The van der Waals surface area contributed by atoms with E-state index in [9.17, 15) is 19.5 Å². The van der Waals surface area contributed by atoms with Crippen molar-refractivity contribution in [3.8, 4) is 11.1 Å². The summed E-state index contributed by atoms with van der Waals surface area (Å²) in [4.78, 5) is 38.6. The van der Waals surface area contributed by atoms with Gasteiger partial charge in [0.1, 0.15) is 5.69 Å². The van der Waals surface area contributed by atoms with Gasteiger partial charge in [0.25, 0.3) is 11.8 Å². The fraction of sp³-hybridized carbons (Fsp3) is 0.280. The second-order valence-corrected chi connectivity index (χ2v) is 8.24. The molecule has 1 aliphatic rings. The third kappa shape index (κ3) is 6.13. The fourth-order valence-electron chi connectivity index (χ4n) is 3.71. The van der Waals surface area contributed by atoms with E-state index < -0.39 is 24.5 Å². The number of amides is 2. The molecule has 1 fully saturated rings. The number of carboxylic acids is 1. The first-order valence-electron chi connectivity index (χ1n) is 11.5. The molecule has 0 saturated carbocycles. The van der Waals surface area contributed by atoms with E-state index in [2.05, 4.69) is 15.6 Å². The van der Waals surface area contributed by atoms with Crippen LogP contribution in [0.15, 0.2) is 60.7 Å². The molecule has 1 aliphatic heterocycles. The van der Waals surface area contributed by atoms with Gasteiger partial charge < -0.3 is 19.8 Å². The standard InChI is InChI=1S/C25H27N5O6/c31-22(25(34)35)15-26-30(16-17-6-8-19(9-7-17)18-4-2-1-3-5-18)24(33)21-14-20(27-28-21)23(32)29-10-12-36-13-11-29/h1-9,14,22,26,31H,10-13,15-16H2,(H,27,28)(H,34,35). The van der Waals surface area contributed by atoms with Crippen molar-refractivity contribution in [2.45, 2.75) is 12.6 Å². The SMILES string of the molecule is O=C(O)C(O)CNN(Cc1ccc(-c2ccccc2)cc1)C(=O)c1cc(C(=O)N2CCOCC2)n[nH]1. The number of nitrogens with one attached hydrogen (secondary N) is 2. The Bertz CT molecular complexity index is 1190. The van der Waals surface area contributed by atoms with Crippen molar-refractivity contribution in [2.75, 3.05) is 32.8 Å². The molecule has 2 heterocycles. The highest BCUT2D eigenvalue weighted by Gasteiger charge is 2.25. The van der Waals surface area contributed by atoms with Gasteiger partial charge in [-0.2, -0.15) is 5.10 Å². The zero-order valence-electron chi connectivity index (χ0n) is 19.5. The van der Waals surface area contributed by atoms with Crippen LogP contribution < -0.4 is 5.43 Å². The molecule has 1 unspecified atom stereocenters. The Hall–Kier alpha value is -4.06. The van der Waals surface area contributed by atoms with Crippen molar-refractivity contribution in [3.63, 3.8) is 0 Å². The zero-order chi connectivity index (χ0) is 25.5. The smallest absolute Gasteiger partial charge is 0.333 e. The molecule has 188 valence electrons. The lowest BCUT2D eigenvalue weighted by atomic mass is 10.0. The second kappa shape index (κ2) is 11.6. The van der Waals surface area contributed by atoms with Gasteiger partial charge in [-0.15, -0.1) is 0 Å². The van der Waals surface area contributed by atoms with E-state index in [0.717, 1.165) is 16.7 Å². The Morgan fingerprint density at radius 3 is 2.39 bits per heavy atom. The molecule has 0 radical (unpaired) electrons. The van der Waals surface area contributed by atoms with Crippen LogP contribution in [0, 0.1) is 0 Å². The monoisotopic (exact) mass is 493 g/mol. The van der Waals surface area contributed by atoms with Gasteiger partial charge in [-0.25, -0.2) is 10.2 Å². The van der Waals surface area contributed by atoms with E-state index in [1.807, 2.05) is 54.6 Å². The molecule has 1 aromatic heterocycles. The summed E-state index contributed by atoms with van der Waals surface area (Å²) >= 11 is 0. The third-order valence-corrected chi connectivity index (χ3v) is 5.73. The Labute approximate surface area is 207 Å². The van der Waals surface area contributed by atoms with Gasteiger partial charge in [0.15, 0.2) is 11.8 Å². The summed E-state index contributed by atoms with van der Waals surface area (Å²) in [5, 5.41) is 26.5. The van der Waals surface area contributed by atoms with Crippen LogP contribution in [0.1, 0.15) is 26.5 Å². The van der Waals surface area contributed by atoms with Crippen molar-refractivity contribution >= 4 is 17.8 Å². The molecule has 1 saturated heterocycles. The molecule has 11 nitrogen and oxygen atoms in total. The maximum Gasteiger partial charge on any atom is 0.333 e. The molecular formula is C25H27N5O6. The van der Waals surface area contributed by atoms with Gasteiger partial charge in [0, 0.05) is 19.2 Å². The second-order valence-electron chi connectivity index (χ2n) is 8.24. The lowest BCUT2D eigenvalue weighted by Crippen LogP contribution is -2.47. The number of carboxylic acid groups (broad SMARTS) is 1. The van der Waals surface area contributed by atoms with Crippen molar-refractivity contribution in [1.29, 1.82) is 0 Å². The molecule has 4 N–H and O–H groups in total. The lowest BCUT2D eigenvalue weighted by Gasteiger charge is -2.26. The van der Waals surface area contributed by atoms with Crippen LogP contribution in [0.25, 0.3) is 11.1 Å². The number of aliphatic hydroxyl groups excluding tert-OH is 1. The molecule has 3 aromatic rings. The van der Waals surface area contributed by atoms with E-state index in [-0.39, 0.29) is 23.8 Å². The van der Waals surface area contributed by atoms with Gasteiger partial charge in [-0.05, 0) is 16.7 Å². The van der Waals surface area contributed by atoms with Gasteiger partial charge in [0.05, 0.1) is 26.3 Å². The number of carbonyl (C=O) groups excluding carboxylic acids is 2. The van der Waals surface area contributed by atoms with Crippen LogP contribution in [-0.4, -0.2) is 87.1 Å². The van der Waals surface area contributed by atoms with E-state index in [0.29, 0.717) is 26.3 Å². The Morgan fingerprint density at radius 1 is 1.06 bits per heavy atom. The summed E-state index contributed by atoms with van der Waals surface area (Å²) in [6.45, 7) is 1.44. The van der Waals surface area contributed by atoms with Gasteiger partial charge >= 0.3 is 5.97 Å². The molecule has 11 heteroatoms. The summed E-state index contributed by atoms with van der Waals surface area (Å²) in [5.41, 5.74) is 5.66. The Balaban J connectivity index is 1.50. The number of aliphatic carboxylic acids is 1. The van der Waals surface area contributed by atoms with E-state index in [4.69, 9.17) is 9.84 Å². The maximum absolute atomic E-state index is 13.3. The van der Waals surface area contributed by atoms with Crippen molar-refractivity contribution in [3.05, 3.63) is 77.6 Å². The number of aliphatic hydroxyl groups is 1. The van der Waals surface area contributed by atoms with Crippen LogP contribution in [0.2, 0.25) is 0 Å².